The third kappa shape index (κ3) is 2.97. The highest BCUT2D eigenvalue weighted by molar-refractivity contribution is 6.20. The molecular weight excluding hydrogens is 244 g/mol. The largest absolute Gasteiger partial charge is 0.462 e. The Morgan fingerprint density at radius 1 is 1.00 bits per heavy atom. The van der Waals surface area contributed by atoms with Crippen molar-refractivity contribution in [1.82, 2.24) is 0 Å². The Morgan fingerprint density at radius 2 is 1.53 bits per heavy atom. The molecule has 0 amide bonds. The number of rotatable bonds is 0. The number of hydrogen-bond acceptors (Lipinski definition) is 4. The van der Waals surface area contributed by atoms with Gasteiger partial charge in [-0.05, 0) is 24.3 Å². The number of fused-ring (bicyclic) bond motifs is 9. The van der Waals surface area contributed by atoms with Gasteiger partial charge < -0.3 is 9.47 Å². The van der Waals surface area contributed by atoms with Crippen molar-refractivity contribution >= 4 is 23.5 Å². The van der Waals surface area contributed by atoms with Crippen LogP contribution in [0.5, 0.6) is 0 Å². The first kappa shape index (κ1) is 11.9. The van der Waals surface area contributed by atoms with Crippen molar-refractivity contribution in [3.05, 3.63) is 35.4 Å². The maximum absolute atomic E-state index is 11.6. The molecule has 0 saturated heterocycles. The molecule has 0 aromatic heterocycles. The zero-order chi connectivity index (χ0) is 12.3. The topological polar surface area (TPSA) is 52.6 Å². The second kappa shape index (κ2) is 5.19. The van der Waals surface area contributed by atoms with Crippen molar-refractivity contribution in [2.45, 2.75) is 11.8 Å². The third-order valence-electron chi connectivity index (χ3n) is 2.42. The monoisotopic (exact) mass is 254 g/mol. The zero-order valence-electron chi connectivity index (χ0n) is 9.02. The predicted molar refractivity (Wildman–Crippen MR) is 61.3 cm³/mol. The number of esters is 2. The minimum Gasteiger partial charge on any atom is -0.462 e. The summed E-state index contributed by atoms with van der Waals surface area (Å²) in [6.07, 6.45) is 0.455. The predicted octanol–water partition coefficient (Wildman–Crippen LogP) is 2.01. The van der Waals surface area contributed by atoms with E-state index in [0.29, 0.717) is 17.5 Å². The first-order valence-corrected chi connectivity index (χ1v) is 5.69. The van der Waals surface area contributed by atoms with E-state index in [1.807, 2.05) is 0 Å². The molecular formula is C12H11ClO4. The summed E-state index contributed by atoms with van der Waals surface area (Å²) < 4.78 is 10.0. The van der Waals surface area contributed by atoms with Crippen molar-refractivity contribution in [3.8, 4) is 0 Å². The molecule has 90 valence electrons. The van der Waals surface area contributed by atoms with E-state index in [2.05, 4.69) is 0 Å². The Morgan fingerprint density at radius 3 is 2.12 bits per heavy atom. The van der Waals surface area contributed by atoms with Crippen LogP contribution in [0, 0.1) is 0 Å². The molecule has 2 heterocycles. The van der Waals surface area contributed by atoms with Gasteiger partial charge in [-0.2, -0.15) is 0 Å². The van der Waals surface area contributed by atoms with Gasteiger partial charge in [0.05, 0.1) is 23.1 Å². The highest BCUT2D eigenvalue weighted by Gasteiger charge is 2.15. The van der Waals surface area contributed by atoms with Crippen LogP contribution in [0.15, 0.2) is 24.3 Å². The average Bonchev–Trinajstić information content (AvgIpc) is 2.35. The lowest BCUT2D eigenvalue weighted by atomic mass is 10.1. The summed E-state index contributed by atoms with van der Waals surface area (Å²) in [4.78, 5) is 23.1. The van der Waals surface area contributed by atoms with Gasteiger partial charge in [-0.25, -0.2) is 9.59 Å². The molecule has 0 saturated carbocycles. The average molecular weight is 255 g/mol. The Bertz CT molecular complexity index is 427. The molecule has 17 heavy (non-hydrogen) atoms. The van der Waals surface area contributed by atoms with E-state index < -0.39 is 11.9 Å². The van der Waals surface area contributed by atoms with E-state index in [-0.39, 0.29) is 18.6 Å². The summed E-state index contributed by atoms with van der Waals surface area (Å²) in [5, 5.41) is -0.344. The van der Waals surface area contributed by atoms with Crippen molar-refractivity contribution < 1.29 is 19.1 Å². The summed E-state index contributed by atoms with van der Waals surface area (Å²) in [6, 6.07) is 6.14. The molecule has 2 aliphatic rings. The van der Waals surface area contributed by atoms with Gasteiger partial charge in [-0.3, -0.25) is 0 Å². The van der Waals surface area contributed by atoms with Crippen LogP contribution in [-0.4, -0.2) is 30.5 Å². The lowest BCUT2D eigenvalue weighted by Crippen LogP contribution is -2.18. The summed E-state index contributed by atoms with van der Waals surface area (Å²) in [6.45, 7) is 0.325. The fourth-order valence-electron chi connectivity index (χ4n) is 1.44. The van der Waals surface area contributed by atoms with Crippen LogP contribution in [0.3, 0.4) is 0 Å². The minimum atomic E-state index is -0.434. The fraction of sp³-hybridized carbons (Fsp3) is 0.333. The molecule has 0 spiro atoms. The zero-order valence-corrected chi connectivity index (χ0v) is 9.77. The lowest BCUT2D eigenvalue weighted by Gasteiger charge is -2.13. The third-order valence-corrected chi connectivity index (χ3v) is 2.76. The van der Waals surface area contributed by atoms with Gasteiger partial charge >= 0.3 is 11.9 Å². The second-order valence-corrected chi connectivity index (χ2v) is 4.31. The molecule has 1 atom stereocenters. The van der Waals surface area contributed by atoms with Crippen molar-refractivity contribution in [1.29, 1.82) is 0 Å². The summed E-state index contributed by atoms with van der Waals surface area (Å²) in [5.41, 5.74) is 0.805. The number of alkyl halides is 1. The van der Waals surface area contributed by atoms with Crippen LogP contribution in [0.1, 0.15) is 27.1 Å². The van der Waals surface area contributed by atoms with Crippen LogP contribution >= 0.6 is 11.6 Å². The normalized spacial score (nSPS) is 21.1. The summed E-state index contributed by atoms with van der Waals surface area (Å²) in [7, 11) is 0. The molecule has 0 radical (unpaired) electrons. The smallest absolute Gasteiger partial charge is 0.338 e. The van der Waals surface area contributed by atoms with E-state index in [9.17, 15) is 9.59 Å². The van der Waals surface area contributed by atoms with Gasteiger partial charge in [0.1, 0.15) is 6.61 Å². The molecule has 0 aliphatic carbocycles. The molecule has 1 unspecified atom stereocenters. The molecule has 4 nitrogen and oxygen atoms in total. The maximum Gasteiger partial charge on any atom is 0.338 e. The number of carbonyl (C=O) groups is 2. The van der Waals surface area contributed by atoms with E-state index in [1.54, 1.807) is 12.1 Å². The number of carbonyl (C=O) groups excluding carboxylic acids is 2. The Labute approximate surface area is 103 Å². The second-order valence-electron chi connectivity index (χ2n) is 3.70. The van der Waals surface area contributed by atoms with Gasteiger partial charge in [-0.1, -0.05) is 0 Å². The van der Waals surface area contributed by atoms with E-state index in [1.165, 1.54) is 12.1 Å². The molecule has 0 N–H and O–H groups in total. The molecule has 2 aliphatic heterocycles. The SMILES string of the molecule is O=C1OCCC(Cl)COC(=O)c2ccc1cc2. The Kier molecular flexibility index (Phi) is 3.64. The molecule has 0 fully saturated rings. The Balaban J connectivity index is 2.24. The first-order valence-electron chi connectivity index (χ1n) is 5.25. The lowest BCUT2D eigenvalue weighted by molar-refractivity contribution is 0.0432. The van der Waals surface area contributed by atoms with Crippen LogP contribution in [0.4, 0.5) is 0 Å². The number of hydrogen-bond donors (Lipinski definition) is 0. The molecule has 1 aromatic rings. The number of halogens is 1. The van der Waals surface area contributed by atoms with Gasteiger partial charge in [0, 0.05) is 6.42 Å². The maximum atomic E-state index is 11.6. The van der Waals surface area contributed by atoms with Crippen molar-refractivity contribution in [2.24, 2.45) is 0 Å². The van der Waals surface area contributed by atoms with Crippen LogP contribution in [0.2, 0.25) is 0 Å². The minimum absolute atomic E-state index is 0.111. The number of ether oxygens (including phenoxy) is 2. The van der Waals surface area contributed by atoms with Crippen LogP contribution < -0.4 is 0 Å². The highest BCUT2D eigenvalue weighted by atomic mass is 35.5. The van der Waals surface area contributed by atoms with E-state index in [0.717, 1.165) is 0 Å². The van der Waals surface area contributed by atoms with Crippen LogP contribution in [0.25, 0.3) is 0 Å². The standard InChI is InChI=1S/C12H11ClO4/c13-10-5-6-16-11(14)8-1-3-9(4-2-8)12(15)17-7-10/h1-4,10H,5-7H2. The fourth-order valence-corrected chi connectivity index (χ4v) is 1.59. The summed E-state index contributed by atoms with van der Waals surface area (Å²) >= 11 is 5.91. The molecule has 3 rings (SSSR count). The van der Waals surface area contributed by atoms with Crippen molar-refractivity contribution in [2.75, 3.05) is 13.2 Å². The van der Waals surface area contributed by atoms with Gasteiger partial charge in [-0.15, -0.1) is 11.6 Å². The van der Waals surface area contributed by atoms with Crippen molar-refractivity contribution in [3.63, 3.8) is 0 Å². The first-order chi connectivity index (χ1) is 8.16. The molecule has 5 heteroatoms. The summed E-state index contributed by atoms with van der Waals surface area (Å²) in [5.74, 6) is -0.842. The Hall–Kier alpha value is -1.55. The highest BCUT2D eigenvalue weighted by Crippen LogP contribution is 2.12. The van der Waals surface area contributed by atoms with Gasteiger partial charge in [0.2, 0.25) is 0 Å². The quantitative estimate of drug-likeness (QED) is 0.525. The van der Waals surface area contributed by atoms with Crippen LogP contribution in [-0.2, 0) is 9.47 Å². The van der Waals surface area contributed by atoms with E-state index >= 15 is 0 Å². The van der Waals surface area contributed by atoms with Gasteiger partial charge in [0.25, 0.3) is 0 Å². The number of benzene rings is 1. The molecule has 2 bridgehead atoms. The molecule has 1 aromatic carbocycles. The van der Waals surface area contributed by atoms with Gasteiger partial charge in [0.15, 0.2) is 0 Å². The van der Waals surface area contributed by atoms with E-state index in [4.69, 9.17) is 21.1 Å².